The van der Waals surface area contributed by atoms with Crippen LogP contribution in [0, 0.1) is 34.1 Å². The normalized spacial score (nSPS) is 16.7. The Labute approximate surface area is 464 Å². The number of likely N-dealkylation sites (N-methyl/N-ethyl adjacent to an activating group) is 1. The fraction of sp³-hybridized carbons (Fsp3) is 0.375. The Hall–Kier alpha value is -9.01. The van der Waals surface area contributed by atoms with E-state index in [-0.39, 0.29) is 23.5 Å². The molecule has 9 rings (SSSR count). The Bertz CT molecular complexity index is 3300. The third kappa shape index (κ3) is 15.4. The number of rotatable bonds is 9. The Morgan fingerprint density at radius 1 is 0.608 bits per heavy atom. The molecule has 6 heterocycles. The summed E-state index contributed by atoms with van der Waals surface area (Å²) in [6.45, 7) is 12.3. The van der Waals surface area contributed by atoms with Gasteiger partial charge in [0.2, 0.25) is 11.8 Å². The first-order chi connectivity index (χ1) is 37.6. The molecule has 3 aliphatic rings. The second-order valence-corrected chi connectivity index (χ2v) is 21.5. The van der Waals surface area contributed by atoms with Gasteiger partial charge in [-0.05, 0) is 116 Å². The highest BCUT2D eigenvalue weighted by atomic mass is 79.9. The van der Waals surface area contributed by atoms with E-state index in [0.717, 1.165) is 29.3 Å². The molecule has 0 spiro atoms. The SMILES string of the molecule is CC(C)(C)OC(=O)N1CCC[C@H]1C(=O)Nc1cc(-c2cccc(Br)c2)on1.CC(C)(C)OC(=O)N1CCC[C@H]1C(=O)Nc1cc(-c2cccc(C#N)c2)on1.CN(C(=O)[C@@H]1CCCN1C#N)c1cc(-c2cccc(C#N)c2)on1. The highest BCUT2D eigenvalue weighted by molar-refractivity contribution is 9.10. The summed E-state index contributed by atoms with van der Waals surface area (Å²) in [7, 11) is 1.61. The minimum absolute atomic E-state index is 0.181. The van der Waals surface area contributed by atoms with Crippen LogP contribution in [0.3, 0.4) is 0 Å². The van der Waals surface area contributed by atoms with Gasteiger partial charge in [-0.2, -0.15) is 15.8 Å². The Kier molecular flexibility index (Phi) is 18.6. The number of likely N-dealkylation sites (tertiary alicyclic amines) is 3. The summed E-state index contributed by atoms with van der Waals surface area (Å²) in [4.78, 5) is 68.4. The van der Waals surface area contributed by atoms with Crippen LogP contribution >= 0.6 is 15.9 Å². The number of halogens is 1. The van der Waals surface area contributed by atoms with Crippen molar-refractivity contribution >= 4 is 63.3 Å². The summed E-state index contributed by atoms with van der Waals surface area (Å²) >= 11 is 3.41. The molecule has 5 amide bonds. The molecule has 410 valence electrons. The maximum Gasteiger partial charge on any atom is 0.410 e. The van der Waals surface area contributed by atoms with Crippen molar-refractivity contribution in [3.63, 3.8) is 0 Å². The largest absolute Gasteiger partial charge is 0.444 e. The fourth-order valence-electron chi connectivity index (χ4n) is 8.68. The molecule has 0 bridgehead atoms. The van der Waals surface area contributed by atoms with Crippen molar-refractivity contribution < 1.29 is 47.0 Å². The summed E-state index contributed by atoms with van der Waals surface area (Å²) < 4.78 is 27.6. The molecule has 3 aliphatic heterocycles. The van der Waals surface area contributed by atoms with Crippen LogP contribution in [0.15, 0.2) is 109 Å². The van der Waals surface area contributed by atoms with Gasteiger partial charge < -0.3 is 33.7 Å². The number of nitrogens with one attached hydrogen (secondary N) is 2. The first kappa shape index (κ1) is 57.7. The molecular formula is C56H59BrN12O10. The molecule has 3 saturated heterocycles. The number of carbonyl (C=O) groups excluding carboxylic acids is 5. The van der Waals surface area contributed by atoms with Crippen LogP contribution in [-0.2, 0) is 23.9 Å². The minimum atomic E-state index is -0.625. The van der Waals surface area contributed by atoms with E-state index in [1.165, 1.54) is 19.6 Å². The average molecular weight is 1140 g/mol. The second kappa shape index (κ2) is 25.4. The number of benzene rings is 3. The molecular weight excluding hydrogens is 1080 g/mol. The molecule has 3 atom stereocenters. The molecule has 3 aromatic heterocycles. The molecule has 23 heteroatoms. The summed E-state index contributed by atoms with van der Waals surface area (Å²) in [5, 5.41) is 44.2. The molecule has 79 heavy (non-hydrogen) atoms. The Balaban J connectivity index is 0.000000172. The van der Waals surface area contributed by atoms with Gasteiger partial charge >= 0.3 is 12.2 Å². The quantitative estimate of drug-likeness (QED) is 0.127. The zero-order valence-electron chi connectivity index (χ0n) is 44.7. The smallest absolute Gasteiger partial charge is 0.410 e. The molecule has 0 radical (unpaired) electrons. The number of carbonyl (C=O) groups is 5. The van der Waals surface area contributed by atoms with Gasteiger partial charge in [-0.25, -0.2) is 9.59 Å². The molecule has 2 N–H and O–H groups in total. The maximum atomic E-state index is 12.7. The topological polar surface area (TPSA) is 290 Å². The zero-order valence-corrected chi connectivity index (χ0v) is 46.3. The van der Waals surface area contributed by atoms with Gasteiger partial charge in [0, 0.05) is 66.0 Å². The monoisotopic (exact) mass is 1140 g/mol. The number of hydrogen-bond donors (Lipinski definition) is 2. The van der Waals surface area contributed by atoms with E-state index in [2.05, 4.69) is 60.4 Å². The van der Waals surface area contributed by atoms with Crippen LogP contribution in [0.25, 0.3) is 34.0 Å². The molecule has 3 aromatic carbocycles. The van der Waals surface area contributed by atoms with Crippen LogP contribution in [0.5, 0.6) is 0 Å². The van der Waals surface area contributed by atoms with E-state index >= 15 is 0 Å². The lowest BCUT2D eigenvalue weighted by Crippen LogP contribution is -2.45. The van der Waals surface area contributed by atoms with Gasteiger partial charge in [0.1, 0.15) is 29.3 Å². The predicted octanol–water partition coefficient (Wildman–Crippen LogP) is 10.1. The first-order valence-electron chi connectivity index (χ1n) is 25.4. The Morgan fingerprint density at radius 3 is 1.49 bits per heavy atom. The van der Waals surface area contributed by atoms with Gasteiger partial charge in [0.05, 0.1) is 23.3 Å². The molecule has 0 saturated carbocycles. The molecule has 0 unspecified atom stereocenters. The zero-order chi connectivity index (χ0) is 57.0. The van der Waals surface area contributed by atoms with E-state index in [9.17, 15) is 24.0 Å². The number of hydrogen-bond acceptors (Lipinski definition) is 17. The number of aromatic nitrogens is 3. The van der Waals surface area contributed by atoms with Gasteiger partial charge in [0.25, 0.3) is 5.91 Å². The minimum Gasteiger partial charge on any atom is -0.444 e. The maximum absolute atomic E-state index is 12.7. The number of ether oxygens (including phenoxy) is 2. The van der Waals surface area contributed by atoms with Crippen LogP contribution in [0.4, 0.5) is 27.0 Å². The predicted molar refractivity (Wildman–Crippen MR) is 291 cm³/mol. The van der Waals surface area contributed by atoms with E-state index in [0.29, 0.717) is 90.1 Å². The lowest BCUT2D eigenvalue weighted by Gasteiger charge is -2.27. The van der Waals surface area contributed by atoms with Crippen LogP contribution in [0.1, 0.15) is 91.2 Å². The van der Waals surface area contributed by atoms with Crippen molar-refractivity contribution in [2.45, 2.75) is 109 Å². The number of nitrogens with zero attached hydrogens (tertiary/aromatic N) is 10. The summed E-state index contributed by atoms with van der Waals surface area (Å²) in [6.07, 6.45) is 5.17. The average Bonchev–Trinajstić information content (AvgIpc) is 4.32. The van der Waals surface area contributed by atoms with Crippen molar-refractivity contribution in [3.8, 4) is 52.3 Å². The summed E-state index contributed by atoms with van der Waals surface area (Å²) in [6, 6.07) is 28.8. The van der Waals surface area contributed by atoms with Crippen LogP contribution in [0.2, 0.25) is 0 Å². The van der Waals surface area contributed by atoms with Gasteiger partial charge in [-0.3, -0.25) is 34.0 Å². The summed E-state index contributed by atoms with van der Waals surface area (Å²) in [5.74, 6) is 1.57. The fourth-order valence-corrected chi connectivity index (χ4v) is 9.08. The van der Waals surface area contributed by atoms with Crippen LogP contribution in [-0.4, -0.2) is 116 Å². The Morgan fingerprint density at radius 2 is 1.04 bits per heavy atom. The third-order valence-corrected chi connectivity index (χ3v) is 12.9. The van der Waals surface area contributed by atoms with Gasteiger partial charge in [-0.15, -0.1) is 0 Å². The van der Waals surface area contributed by atoms with Gasteiger partial charge in [0.15, 0.2) is 40.9 Å². The van der Waals surface area contributed by atoms with Crippen molar-refractivity contribution in [1.29, 1.82) is 15.8 Å². The molecule has 22 nitrogen and oxygen atoms in total. The number of nitriles is 3. The highest BCUT2D eigenvalue weighted by Crippen LogP contribution is 2.30. The standard InChI is InChI=1S/C20H22N4O4.C19H22BrN3O4.C17H15N5O2/c1-20(2,3)27-19(26)24-9-5-8-15(24)18(25)22-17-11-16(28-23-17)14-7-4-6-13(10-14)12-21;1-19(2,3)26-18(25)23-9-5-8-14(23)17(24)21-16-11-15(27-22-16)12-6-4-7-13(20)10-12;1-21(17(23)14-6-3-7-22(14)11-19)16-9-15(24-20-16)13-5-2-4-12(8-13)10-18/h4,6-7,10-11,15H,5,8-9H2,1-3H3,(H,22,23,25);4,6-7,10-11,14H,5,8-9H2,1-3H3,(H,21,22,24);2,4-5,8-9,14H,3,6-7H2,1H3/t15-;2*14-/m000/s1. The second-order valence-electron chi connectivity index (χ2n) is 20.6. The molecule has 3 fully saturated rings. The lowest BCUT2D eigenvalue weighted by atomic mass is 10.1. The highest BCUT2D eigenvalue weighted by Gasteiger charge is 2.39. The summed E-state index contributed by atoms with van der Waals surface area (Å²) in [5.41, 5.74) is 2.03. The third-order valence-electron chi connectivity index (χ3n) is 12.4. The van der Waals surface area contributed by atoms with Crippen molar-refractivity contribution in [2.24, 2.45) is 0 Å². The van der Waals surface area contributed by atoms with E-state index in [1.54, 1.807) is 115 Å². The van der Waals surface area contributed by atoms with Crippen molar-refractivity contribution in [2.75, 3.05) is 42.2 Å². The molecule has 6 aromatic rings. The lowest BCUT2D eigenvalue weighted by molar-refractivity contribution is -0.122. The first-order valence-corrected chi connectivity index (χ1v) is 26.1. The van der Waals surface area contributed by atoms with Crippen molar-refractivity contribution in [3.05, 3.63) is 107 Å². The number of anilines is 3. The molecule has 0 aliphatic carbocycles. The van der Waals surface area contributed by atoms with Crippen LogP contribution < -0.4 is 15.5 Å². The van der Waals surface area contributed by atoms with E-state index in [4.69, 9.17) is 38.8 Å². The van der Waals surface area contributed by atoms with Crippen molar-refractivity contribution in [1.82, 2.24) is 30.2 Å². The van der Waals surface area contributed by atoms with E-state index < -0.39 is 41.5 Å². The number of amides is 5. The van der Waals surface area contributed by atoms with E-state index in [1.807, 2.05) is 24.3 Å². The van der Waals surface area contributed by atoms with Gasteiger partial charge in [-0.1, -0.05) is 67.8 Å².